The van der Waals surface area contributed by atoms with Crippen LogP contribution in [0.3, 0.4) is 0 Å². The summed E-state index contributed by atoms with van der Waals surface area (Å²) >= 11 is 0. The van der Waals surface area contributed by atoms with E-state index < -0.39 is 0 Å². The van der Waals surface area contributed by atoms with Crippen LogP contribution in [0.5, 0.6) is 0 Å². The third-order valence-electron chi connectivity index (χ3n) is 6.16. The zero-order chi connectivity index (χ0) is 17.8. The average molecular weight is 346 g/mol. The van der Waals surface area contributed by atoms with Crippen molar-refractivity contribution in [1.29, 1.82) is 0 Å². The highest BCUT2D eigenvalue weighted by atomic mass is 19.1. The van der Waals surface area contributed by atoms with E-state index in [1.54, 1.807) is 6.07 Å². The van der Waals surface area contributed by atoms with E-state index in [1.165, 1.54) is 44.2 Å². The van der Waals surface area contributed by atoms with Crippen LogP contribution in [-0.2, 0) is 0 Å². The van der Waals surface area contributed by atoms with E-state index in [4.69, 9.17) is 5.73 Å². The largest absolute Gasteiger partial charge is 0.328 e. The molecule has 4 heteroatoms. The van der Waals surface area contributed by atoms with Gasteiger partial charge in [-0.2, -0.15) is 0 Å². The van der Waals surface area contributed by atoms with Gasteiger partial charge in [-0.05, 0) is 101 Å². The number of rotatable bonds is 5. The van der Waals surface area contributed by atoms with Crippen LogP contribution in [-0.4, -0.2) is 36.4 Å². The van der Waals surface area contributed by atoms with Crippen molar-refractivity contribution in [1.82, 2.24) is 4.90 Å². The first-order valence-electron chi connectivity index (χ1n) is 9.81. The molecule has 0 amide bonds. The summed E-state index contributed by atoms with van der Waals surface area (Å²) in [5.74, 6) is 0.847. The number of nitrogens with zero attached hydrogens (tertiary/aromatic N) is 1. The van der Waals surface area contributed by atoms with Crippen LogP contribution in [0, 0.1) is 24.6 Å². The maximum atomic E-state index is 13.2. The van der Waals surface area contributed by atoms with Gasteiger partial charge in [0.25, 0.3) is 0 Å². The molecular weight excluding hydrogens is 315 g/mol. The van der Waals surface area contributed by atoms with Gasteiger partial charge in [-0.1, -0.05) is 0 Å². The van der Waals surface area contributed by atoms with E-state index in [9.17, 15) is 9.18 Å². The molecule has 25 heavy (non-hydrogen) atoms. The molecule has 1 aliphatic carbocycles. The third kappa shape index (κ3) is 4.89. The SMILES string of the molecule is Cc1cc(F)ccc1C(=O)C1CCN(CCC2CCC(N)CC2)CC1. The number of nitrogens with two attached hydrogens (primary N) is 1. The number of Topliss-reactive ketones (excluding diaryl/α,β-unsaturated/α-hetero) is 1. The van der Waals surface area contributed by atoms with Gasteiger partial charge < -0.3 is 10.6 Å². The molecule has 0 spiro atoms. The summed E-state index contributed by atoms with van der Waals surface area (Å²) in [6.45, 7) is 4.98. The lowest BCUT2D eigenvalue weighted by Crippen LogP contribution is -2.38. The van der Waals surface area contributed by atoms with Gasteiger partial charge in [-0.15, -0.1) is 0 Å². The van der Waals surface area contributed by atoms with E-state index in [0.29, 0.717) is 11.6 Å². The summed E-state index contributed by atoms with van der Waals surface area (Å²) < 4.78 is 13.2. The Kier molecular flexibility index (Phi) is 6.24. The summed E-state index contributed by atoms with van der Waals surface area (Å²) in [6.07, 6.45) is 8.02. The minimum atomic E-state index is -0.271. The lowest BCUT2D eigenvalue weighted by Gasteiger charge is -2.33. The van der Waals surface area contributed by atoms with Crippen LogP contribution in [0.25, 0.3) is 0 Å². The van der Waals surface area contributed by atoms with Crippen LogP contribution < -0.4 is 5.73 Å². The number of halogens is 1. The van der Waals surface area contributed by atoms with Gasteiger partial charge in [0.15, 0.2) is 5.78 Å². The van der Waals surface area contributed by atoms with Gasteiger partial charge in [0.05, 0.1) is 0 Å². The molecule has 0 radical (unpaired) electrons. The Balaban J connectivity index is 1.44. The maximum absolute atomic E-state index is 13.2. The molecular formula is C21H31FN2O. The fourth-order valence-corrected chi connectivity index (χ4v) is 4.38. The van der Waals surface area contributed by atoms with E-state index >= 15 is 0 Å². The Hall–Kier alpha value is -1.26. The Morgan fingerprint density at radius 2 is 1.84 bits per heavy atom. The van der Waals surface area contributed by atoms with Gasteiger partial charge in [-0.3, -0.25) is 4.79 Å². The summed E-state index contributed by atoms with van der Waals surface area (Å²) in [7, 11) is 0. The van der Waals surface area contributed by atoms with Crippen molar-refractivity contribution in [2.75, 3.05) is 19.6 Å². The van der Waals surface area contributed by atoms with E-state index in [0.717, 1.165) is 44.0 Å². The maximum Gasteiger partial charge on any atom is 0.166 e. The van der Waals surface area contributed by atoms with Crippen molar-refractivity contribution >= 4 is 5.78 Å². The third-order valence-corrected chi connectivity index (χ3v) is 6.16. The van der Waals surface area contributed by atoms with Crippen molar-refractivity contribution in [3.05, 3.63) is 35.1 Å². The van der Waals surface area contributed by atoms with Crippen molar-refractivity contribution < 1.29 is 9.18 Å². The van der Waals surface area contributed by atoms with Crippen molar-refractivity contribution in [3.63, 3.8) is 0 Å². The molecule has 1 aromatic rings. The van der Waals surface area contributed by atoms with Crippen molar-refractivity contribution in [3.8, 4) is 0 Å². The second-order valence-corrected chi connectivity index (χ2v) is 8.01. The molecule has 0 bridgehead atoms. The Morgan fingerprint density at radius 3 is 2.48 bits per heavy atom. The molecule has 3 nitrogen and oxygen atoms in total. The molecule has 2 aliphatic rings. The second-order valence-electron chi connectivity index (χ2n) is 8.01. The number of piperidine rings is 1. The predicted molar refractivity (Wildman–Crippen MR) is 99.2 cm³/mol. The zero-order valence-corrected chi connectivity index (χ0v) is 15.3. The average Bonchev–Trinajstić information content (AvgIpc) is 2.61. The fourth-order valence-electron chi connectivity index (χ4n) is 4.38. The molecule has 2 N–H and O–H groups in total. The molecule has 1 saturated carbocycles. The zero-order valence-electron chi connectivity index (χ0n) is 15.3. The monoisotopic (exact) mass is 346 g/mol. The topological polar surface area (TPSA) is 46.3 Å². The van der Waals surface area contributed by atoms with Gasteiger partial charge in [0, 0.05) is 17.5 Å². The Labute approximate surface area is 150 Å². The molecule has 3 rings (SSSR count). The second kappa shape index (κ2) is 8.41. The molecule has 0 atom stereocenters. The number of aryl methyl sites for hydroxylation is 1. The minimum Gasteiger partial charge on any atom is -0.328 e. The van der Waals surface area contributed by atoms with Crippen LogP contribution in [0.1, 0.15) is 60.9 Å². The summed E-state index contributed by atoms with van der Waals surface area (Å²) in [5, 5.41) is 0. The van der Waals surface area contributed by atoms with Gasteiger partial charge in [-0.25, -0.2) is 4.39 Å². The number of benzene rings is 1. The lowest BCUT2D eigenvalue weighted by atomic mass is 9.84. The molecule has 0 aromatic heterocycles. The lowest BCUT2D eigenvalue weighted by molar-refractivity contribution is 0.0832. The van der Waals surface area contributed by atoms with Crippen molar-refractivity contribution in [2.45, 2.75) is 57.9 Å². The van der Waals surface area contributed by atoms with Crippen molar-refractivity contribution in [2.24, 2.45) is 17.6 Å². The molecule has 0 unspecified atom stereocenters. The highest BCUT2D eigenvalue weighted by Crippen LogP contribution is 2.28. The Morgan fingerprint density at radius 1 is 1.16 bits per heavy atom. The number of carbonyl (C=O) groups is 1. The predicted octanol–water partition coefficient (Wildman–Crippen LogP) is 3.94. The molecule has 138 valence electrons. The van der Waals surface area contributed by atoms with E-state index in [-0.39, 0.29) is 17.5 Å². The van der Waals surface area contributed by atoms with Crippen LogP contribution in [0.4, 0.5) is 4.39 Å². The fraction of sp³-hybridized carbons (Fsp3) is 0.667. The first-order valence-corrected chi connectivity index (χ1v) is 9.81. The van der Waals surface area contributed by atoms with Crippen LogP contribution in [0.15, 0.2) is 18.2 Å². The molecule has 1 heterocycles. The van der Waals surface area contributed by atoms with E-state index in [1.807, 2.05) is 6.92 Å². The smallest absolute Gasteiger partial charge is 0.166 e. The molecule has 1 aromatic carbocycles. The van der Waals surface area contributed by atoms with Gasteiger partial charge in [0.1, 0.15) is 5.82 Å². The van der Waals surface area contributed by atoms with Crippen LogP contribution in [0.2, 0.25) is 0 Å². The summed E-state index contributed by atoms with van der Waals surface area (Å²) in [6, 6.07) is 4.92. The quantitative estimate of drug-likeness (QED) is 0.822. The van der Waals surface area contributed by atoms with Gasteiger partial charge in [0.2, 0.25) is 0 Å². The highest BCUT2D eigenvalue weighted by Gasteiger charge is 2.27. The standard InChI is InChI=1S/C21H31FN2O/c1-15-14-18(22)4-7-20(15)21(25)17-9-12-24(13-10-17)11-8-16-2-5-19(23)6-3-16/h4,7,14,16-17,19H,2-3,5-6,8-13,23H2,1H3. The number of carbonyl (C=O) groups excluding carboxylic acids is 1. The number of hydrogen-bond acceptors (Lipinski definition) is 3. The summed E-state index contributed by atoms with van der Waals surface area (Å²) in [4.78, 5) is 15.2. The van der Waals surface area contributed by atoms with Crippen LogP contribution >= 0.6 is 0 Å². The first kappa shape index (κ1) is 18.5. The number of hydrogen-bond donors (Lipinski definition) is 1. The minimum absolute atomic E-state index is 0.0908. The van der Waals surface area contributed by atoms with E-state index in [2.05, 4.69) is 4.90 Å². The highest BCUT2D eigenvalue weighted by molar-refractivity contribution is 5.99. The van der Waals surface area contributed by atoms with Gasteiger partial charge >= 0.3 is 0 Å². The first-order chi connectivity index (χ1) is 12.0. The number of ketones is 1. The number of likely N-dealkylation sites (tertiary alicyclic amines) is 1. The molecule has 1 saturated heterocycles. The Bertz CT molecular complexity index is 588. The normalized spacial score (nSPS) is 25.9. The summed E-state index contributed by atoms with van der Waals surface area (Å²) in [5.41, 5.74) is 7.43. The molecule has 2 fully saturated rings. The molecule has 1 aliphatic heterocycles.